The second-order valence-electron chi connectivity index (χ2n) is 8.30. The summed E-state index contributed by atoms with van der Waals surface area (Å²) in [6, 6.07) is 23.9. The van der Waals surface area contributed by atoms with Gasteiger partial charge in [0.1, 0.15) is 5.25 Å². The fourth-order valence-electron chi connectivity index (χ4n) is 3.94. The van der Waals surface area contributed by atoms with Gasteiger partial charge in [-0.15, -0.1) is 10.2 Å². The van der Waals surface area contributed by atoms with Gasteiger partial charge in [0.25, 0.3) is 0 Å². The van der Waals surface area contributed by atoms with E-state index in [0.717, 1.165) is 33.8 Å². The standard InChI is InChI=1S/C26H25N5OS/c1-16-12-14-19(15-13-16)22-23(25(32)27-21-11-7-8-17(2)18(21)3)33-26-29-28-24(31(26)30-22)20-9-5-4-6-10-20/h4-15,22-23,30H,1-3H3,(H,27,32)/t22-,23+/m1/s1. The molecule has 0 radical (unpaired) electrons. The summed E-state index contributed by atoms with van der Waals surface area (Å²) in [5.41, 5.74) is 9.75. The molecule has 5 rings (SSSR count). The Morgan fingerprint density at radius 3 is 2.45 bits per heavy atom. The van der Waals surface area contributed by atoms with Crippen molar-refractivity contribution in [1.82, 2.24) is 14.9 Å². The molecule has 1 aromatic heterocycles. The van der Waals surface area contributed by atoms with Crippen LogP contribution in [-0.2, 0) is 4.79 Å². The lowest BCUT2D eigenvalue weighted by Crippen LogP contribution is -2.41. The number of hydrogen-bond acceptors (Lipinski definition) is 5. The Morgan fingerprint density at radius 1 is 0.939 bits per heavy atom. The molecule has 3 aromatic carbocycles. The van der Waals surface area contributed by atoms with E-state index in [4.69, 9.17) is 0 Å². The number of carbonyl (C=O) groups is 1. The van der Waals surface area contributed by atoms with Crippen LogP contribution in [0.1, 0.15) is 28.3 Å². The number of amides is 1. The summed E-state index contributed by atoms with van der Waals surface area (Å²) in [5.74, 6) is 0.658. The molecule has 166 valence electrons. The summed E-state index contributed by atoms with van der Waals surface area (Å²) in [6.07, 6.45) is 0. The van der Waals surface area contributed by atoms with E-state index in [-0.39, 0.29) is 11.9 Å². The Kier molecular flexibility index (Phi) is 5.64. The van der Waals surface area contributed by atoms with Crippen LogP contribution in [-0.4, -0.2) is 26.0 Å². The van der Waals surface area contributed by atoms with Gasteiger partial charge in [0.2, 0.25) is 11.1 Å². The van der Waals surface area contributed by atoms with Gasteiger partial charge in [-0.3, -0.25) is 4.79 Å². The first-order valence-electron chi connectivity index (χ1n) is 10.9. The van der Waals surface area contributed by atoms with Gasteiger partial charge in [0.15, 0.2) is 5.82 Å². The summed E-state index contributed by atoms with van der Waals surface area (Å²) < 4.78 is 1.90. The van der Waals surface area contributed by atoms with Crippen molar-refractivity contribution in [2.24, 2.45) is 0 Å². The molecule has 2 atom stereocenters. The number of anilines is 1. The summed E-state index contributed by atoms with van der Waals surface area (Å²) >= 11 is 1.43. The lowest BCUT2D eigenvalue weighted by Gasteiger charge is -2.33. The second kappa shape index (κ2) is 8.75. The minimum absolute atomic E-state index is 0.0673. The third-order valence-electron chi connectivity index (χ3n) is 6.03. The maximum absolute atomic E-state index is 13.5. The summed E-state index contributed by atoms with van der Waals surface area (Å²) in [4.78, 5) is 13.5. The first-order valence-corrected chi connectivity index (χ1v) is 11.8. The van der Waals surface area contributed by atoms with Crippen LogP contribution in [0.15, 0.2) is 78.0 Å². The molecule has 1 aliphatic rings. The SMILES string of the molecule is Cc1ccc([C@H]2Nn3c(nnc3-c3ccccc3)S[C@@H]2C(=O)Nc2cccc(C)c2C)cc1. The predicted octanol–water partition coefficient (Wildman–Crippen LogP) is 5.27. The van der Waals surface area contributed by atoms with E-state index in [2.05, 4.69) is 52.1 Å². The molecule has 2 heterocycles. The average molecular weight is 456 g/mol. The van der Waals surface area contributed by atoms with Gasteiger partial charge in [-0.05, 0) is 43.5 Å². The summed E-state index contributed by atoms with van der Waals surface area (Å²) in [7, 11) is 0. The number of aryl methyl sites for hydroxylation is 2. The molecule has 0 bridgehead atoms. The number of thioether (sulfide) groups is 1. The normalized spacial score (nSPS) is 17.2. The molecule has 0 saturated carbocycles. The van der Waals surface area contributed by atoms with Gasteiger partial charge >= 0.3 is 0 Å². The lowest BCUT2D eigenvalue weighted by molar-refractivity contribution is -0.116. The number of rotatable bonds is 4. The Bertz CT molecular complexity index is 1300. The third-order valence-corrected chi connectivity index (χ3v) is 7.24. The molecule has 0 spiro atoms. The quantitative estimate of drug-likeness (QED) is 0.439. The molecule has 4 aromatic rings. The first-order chi connectivity index (χ1) is 16.0. The van der Waals surface area contributed by atoms with Gasteiger partial charge in [0.05, 0.1) is 6.04 Å². The second-order valence-corrected chi connectivity index (χ2v) is 9.41. The molecule has 7 heteroatoms. The molecule has 0 saturated heterocycles. The van der Waals surface area contributed by atoms with Crippen LogP contribution < -0.4 is 10.7 Å². The van der Waals surface area contributed by atoms with Gasteiger partial charge in [-0.1, -0.05) is 84.1 Å². The van der Waals surface area contributed by atoms with Crippen molar-refractivity contribution in [3.8, 4) is 11.4 Å². The Labute approximate surface area is 197 Å². The molecule has 33 heavy (non-hydrogen) atoms. The van der Waals surface area contributed by atoms with Crippen LogP contribution >= 0.6 is 11.8 Å². The zero-order chi connectivity index (χ0) is 22.9. The first kappa shape index (κ1) is 21.3. The van der Waals surface area contributed by atoms with E-state index in [0.29, 0.717) is 5.16 Å². The van der Waals surface area contributed by atoms with Crippen molar-refractivity contribution < 1.29 is 4.79 Å². The van der Waals surface area contributed by atoms with Crippen molar-refractivity contribution in [2.45, 2.75) is 37.2 Å². The van der Waals surface area contributed by atoms with E-state index in [1.807, 2.05) is 67.1 Å². The number of carbonyl (C=O) groups excluding carboxylic acids is 1. The molecular formula is C26H25N5OS. The molecule has 0 unspecified atom stereocenters. The van der Waals surface area contributed by atoms with Crippen LogP contribution in [0.25, 0.3) is 11.4 Å². The van der Waals surface area contributed by atoms with Crippen LogP contribution in [0.3, 0.4) is 0 Å². The molecule has 0 fully saturated rings. The largest absolute Gasteiger partial charge is 0.325 e. The minimum atomic E-state index is -0.423. The molecular weight excluding hydrogens is 430 g/mol. The number of fused-ring (bicyclic) bond motifs is 1. The van der Waals surface area contributed by atoms with E-state index in [1.54, 1.807) is 0 Å². The van der Waals surface area contributed by atoms with Crippen LogP contribution in [0.5, 0.6) is 0 Å². The smallest absolute Gasteiger partial charge is 0.240 e. The van der Waals surface area contributed by atoms with Crippen molar-refractivity contribution in [1.29, 1.82) is 0 Å². The highest BCUT2D eigenvalue weighted by Gasteiger charge is 2.38. The highest BCUT2D eigenvalue weighted by Crippen LogP contribution is 2.39. The monoisotopic (exact) mass is 455 g/mol. The zero-order valence-corrected chi connectivity index (χ0v) is 19.6. The number of hydrogen-bond donors (Lipinski definition) is 2. The average Bonchev–Trinajstić information content (AvgIpc) is 3.25. The van der Waals surface area contributed by atoms with Gasteiger partial charge in [-0.2, -0.15) is 0 Å². The van der Waals surface area contributed by atoms with Crippen LogP contribution in [0.4, 0.5) is 5.69 Å². The molecule has 6 nitrogen and oxygen atoms in total. The van der Waals surface area contributed by atoms with Crippen molar-refractivity contribution in [2.75, 3.05) is 10.7 Å². The van der Waals surface area contributed by atoms with E-state index < -0.39 is 5.25 Å². The van der Waals surface area contributed by atoms with E-state index in [1.165, 1.54) is 17.3 Å². The fourth-order valence-corrected chi connectivity index (χ4v) is 5.02. The Hall–Kier alpha value is -3.58. The Morgan fingerprint density at radius 2 is 1.70 bits per heavy atom. The zero-order valence-electron chi connectivity index (χ0n) is 18.7. The van der Waals surface area contributed by atoms with Gasteiger partial charge < -0.3 is 10.7 Å². The molecule has 0 aliphatic carbocycles. The maximum Gasteiger partial charge on any atom is 0.240 e. The number of nitrogens with one attached hydrogen (secondary N) is 2. The molecule has 1 aliphatic heterocycles. The predicted molar refractivity (Wildman–Crippen MR) is 133 cm³/mol. The van der Waals surface area contributed by atoms with E-state index >= 15 is 0 Å². The highest BCUT2D eigenvalue weighted by molar-refractivity contribution is 8.00. The van der Waals surface area contributed by atoms with Gasteiger partial charge in [-0.25, -0.2) is 4.68 Å². The number of nitrogens with zero attached hydrogens (tertiary/aromatic N) is 3. The fraction of sp³-hybridized carbons (Fsp3) is 0.192. The minimum Gasteiger partial charge on any atom is -0.325 e. The van der Waals surface area contributed by atoms with E-state index in [9.17, 15) is 4.79 Å². The van der Waals surface area contributed by atoms with Gasteiger partial charge in [0, 0.05) is 11.3 Å². The summed E-state index contributed by atoms with van der Waals surface area (Å²) in [5, 5.41) is 12.2. The van der Waals surface area contributed by atoms with Crippen LogP contribution in [0, 0.1) is 20.8 Å². The highest BCUT2D eigenvalue weighted by atomic mass is 32.2. The Balaban J connectivity index is 1.52. The molecule has 1 amide bonds. The topological polar surface area (TPSA) is 71.8 Å². The summed E-state index contributed by atoms with van der Waals surface area (Å²) in [6.45, 7) is 6.13. The van der Waals surface area contributed by atoms with Crippen molar-refractivity contribution >= 4 is 23.4 Å². The lowest BCUT2D eigenvalue weighted by atomic mass is 10.0. The maximum atomic E-state index is 13.5. The van der Waals surface area contributed by atoms with Crippen molar-refractivity contribution in [3.05, 3.63) is 95.1 Å². The number of aromatic nitrogens is 3. The third kappa shape index (κ3) is 4.12. The van der Waals surface area contributed by atoms with Crippen LogP contribution in [0.2, 0.25) is 0 Å². The van der Waals surface area contributed by atoms with Crippen molar-refractivity contribution in [3.63, 3.8) is 0 Å². The number of benzene rings is 3. The molecule has 2 N–H and O–H groups in total.